The third-order valence-corrected chi connectivity index (χ3v) is 4.31. The van der Waals surface area contributed by atoms with Crippen LogP contribution < -0.4 is 5.73 Å². The van der Waals surface area contributed by atoms with Crippen LogP contribution in [0.15, 0.2) is 46.4 Å². The Morgan fingerprint density at radius 2 is 2.05 bits per heavy atom. The van der Waals surface area contributed by atoms with Crippen LogP contribution in [0, 0.1) is 5.82 Å². The monoisotopic (exact) mass is 349 g/mol. The number of benzene rings is 1. The fourth-order valence-corrected chi connectivity index (χ4v) is 3.22. The summed E-state index contributed by atoms with van der Waals surface area (Å²) in [5, 5.41) is 2.71. The highest BCUT2D eigenvalue weighted by molar-refractivity contribution is 9.10. The Hall–Kier alpha value is -1.79. The van der Waals surface area contributed by atoms with Crippen molar-refractivity contribution in [2.45, 2.75) is 0 Å². The maximum Gasteiger partial charge on any atom is 0.133 e. The summed E-state index contributed by atoms with van der Waals surface area (Å²) >= 11 is 4.83. The minimum absolute atomic E-state index is 0.285. The Kier molecular flexibility index (Phi) is 3.50. The van der Waals surface area contributed by atoms with E-state index in [1.54, 1.807) is 12.3 Å². The van der Waals surface area contributed by atoms with Gasteiger partial charge in [-0.05, 0) is 46.3 Å². The number of thiazole rings is 1. The fraction of sp³-hybridized carbons (Fsp3) is 0. The molecular weight excluding hydrogens is 341 g/mol. The Balaban J connectivity index is 2.04. The lowest BCUT2D eigenvalue weighted by Gasteiger charge is -2.01. The number of nitrogen functional groups attached to an aromatic ring is 1. The molecule has 3 aromatic rings. The third kappa shape index (κ3) is 2.44. The number of anilines is 1. The smallest absolute Gasteiger partial charge is 0.133 e. The zero-order chi connectivity index (χ0) is 14.1. The van der Waals surface area contributed by atoms with Gasteiger partial charge in [0.1, 0.15) is 16.6 Å². The number of pyridine rings is 1. The predicted octanol–water partition coefficient (Wildman–Crippen LogP) is 4.36. The van der Waals surface area contributed by atoms with Gasteiger partial charge < -0.3 is 5.73 Å². The molecule has 1 aromatic carbocycles. The molecule has 0 radical (unpaired) electrons. The Morgan fingerprint density at radius 3 is 2.80 bits per heavy atom. The summed E-state index contributed by atoms with van der Waals surface area (Å²) in [4.78, 5) is 8.60. The van der Waals surface area contributed by atoms with Gasteiger partial charge in [-0.2, -0.15) is 0 Å². The van der Waals surface area contributed by atoms with Crippen molar-refractivity contribution in [2.75, 3.05) is 5.73 Å². The van der Waals surface area contributed by atoms with Gasteiger partial charge in [0.05, 0.1) is 11.3 Å². The van der Waals surface area contributed by atoms with Gasteiger partial charge in [0.2, 0.25) is 0 Å². The van der Waals surface area contributed by atoms with E-state index in [9.17, 15) is 4.39 Å². The van der Waals surface area contributed by atoms with Gasteiger partial charge in [-0.1, -0.05) is 0 Å². The topological polar surface area (TPSA) is 51.8 Å². The summed E-state index contributed by atoms with van der Waals surface area (Å²) in [5.41, 5.74) is 8.28. The Bertz CT molecular complexity index is 773. The summed E-state index contributed by atoms with van der Waals surface area (Å²) in [7, 11) is 0. The molecule has 0 atom stereocenters. The molecule has 0 amide bonds. The van der Waals surface area contributed by atoms with E-state index in [0.29, 0.717) is 10.3 Å². The second-order valence-corrected chi connectivity index (χ2v) is 5.81. The summed E-state index contributed by atoms with van der Waals surface area (Å²) in [5.74, 6) is 0.166. The standard InChI is InChI=1S/C14H9BrFN3S/c15-11-6-8(16)3-4-9(11)12-7-20-14(19-12)10-2-1-5-18-13(10)17/h1-7H,(H2,17,18). The lowest BCUT2D eigenvalue weighted by Crippen LogP contribution is -1.92. The van der Waals surface area contributed by atoms with Crippen molar-refractivity contribution >= 4 is 33.1 Å². The molecule has 2 N–H and O–H groups in total. The van der Waals surface area contributed by atoms with E-state index in [4.69, 9.17) is 5.73 Å². The van der Waals surface area contributed by atoms with E-state index in [1.807, 2.05) is 17.5 Å². The van der Waals surface area contributed by atoms with Crippen molar-refractivity contribution in [1.29, 1.82) is 0 Å². The zero-order valence-corrected chi connectivity index (χ0v) is 12.6. The molecule has 20 heavy (non-hydrogen) atoms. The predicted molar refractivity (Wildman–Crippen MR) is 82.9 cm³/mol. The molecule has 0 aliphatic rings. The van der Waals surface area contributed by atoms with Gasteiger partial charge in [0, 0.05) is 21.6 Å². The van der Waals surface area contributed by atoms with E-state index in [2.05, 4.69) is 25.9 Å². The molecular formula is C14H9BrFN3S. The second-order valence-electron chi connectivity index (χ2n) is 4.10. The molecule has 2 aromatic heterocycles. The summed E-state index contributed by atoms with van der Waals surface area (Å²) in [6.45, 7) is 0. The lowest BCUT2D eigenvalue weighted by molar-refractivity contribution is 0.627. The van der Waals surface area contributed by atoms with Crippen LogP contribution in [-0.2, 0) is 0 Å². The molecule has 0 unspecified atom stereocenters. The van der Waals surface area contributed by atoms with Crippen molar-refractivity contribution in [3.8, 4) is 21.8 Å². The number of hydrogen-bond acceptors (Lipinski definition) is 4. The summed E-state index contributed by atoms with van der Waals surface area (Å²) in [6.07, 6.45) is 1.64. The lowest BCUT2D eigenvalue weighted by atomic mass is 10.2. The quantitative estimate of drug-likeness (QED) is 0.747. The maximum absolute atomic E-state index is 13.1. The largest absolute Gasteiger partial charge is 0.383 e. The van der Waals surface area contributed by atoms with E-state index in [-0.39, 0.29) is 5.82 Å². The maximum atomic E-state index is 13.1. The van der Waals surface area contributed by atoms with E-state index in [1.165, 1.54) is 23.5 Å². The number of halogens is 2. The molecule has 100 valence electrons. The first-order chi connectivity index (χ1) is 9.65. The average molecular weight is 350 g/mol. The Labute approximate surface area is 127 Å². The number of nitrogens with two attached hydrogens (primary N) is 1. The molecule has 0 saturated carbocycles. The van der Waals surface area contributed by atoms with Crippen molar-refractivity contribution in [3.63, 3.8) is 0 Å². The van der Waals surface area contributed by atoms with Crippen molar-refractivity contribution in [2.24, 2.45) is 0 Å². The Morgan fingerprint density at radius 1 is 1.20 bits per heavy atom. The van der Waals surface area contributed by atoms with Gasteiger partial charge in [-0.25, -0.2) is 14.4 Å². The average Bonchev–Trinajstić information content (AvgIpc) is 2.88. The zero-order valence-electron chi connectivity index (χ0n) is 10.2. The fourth-order valence-electron chi connectivity index (χ4n) is 1.82. The van der Waals surface area contributed by atoms with Crippen LogP contribution >= 0.6 is 27.3 Å². The van der Waals surface area contributed by atoms with Crippen LogP contribution in [0.25, 0.3) is 21.8 Å². The molecule has 3 rings (SSSR count). The van der Waals surface area contributed by atoms with Crippen LogP contribution in [0.2, 0.25) is 0 Å². The van der Waals surface area contributed by atoms with Gasteiger partial charge in [-0.3, -0.25) is 0 Å². The molecule has 0 aliphatic carbocycles. The molecule has 0 saturated heterocycles. The van der Waals surface area contributed by atoms with Crippen LogP contribution in [-0.4, -0.2) is 9.97 Å². The van der Waals surface area contributed by atoms with Gasteiger partial charge >= 0.3 is 0 Å². The summed E-state index contributed by atoms with van der Waals surface area (Å²) in [6, 6.07) is 8.24. The highest BCUT2D eigenvalue weighted by Gasteiger charge is 2.12. The molecule has 2 heterocycles. The van der Waals surface area contributed by atoms with Crippen LogP contribution in [0.1, 0.15) is 0 Å². The first-order valence-electron chi connectivity index (χ1n) is 5.77. The SMILES string of the molecule is Nc1ncccc1-c1nc(-c2ccc(F)cc2Br)cs1. The van der Waals surface area contributed by atoms with E-state index >= 15 is 0 Å². The number of hydrogen-bond donors (Lipinski definition) is 1. The number of rotatable bonds is 2. The van der Waals surface area contributed by atoms with Crippen LogP contribution in [0.5, 0.6) is 0 Å². The number of nitrogens with zero attached hydrogens (tertiary/aromatic N) is 2. The van der Waals surface area contributed by atoms with Gasteiger partial charge in [0.15, 0.2) is 0 Å². The minimum Gasteiger partial charge on any atom is -0.383 e. The number of aromatic nitrogens is 2. The van der Waals surface area contributed by atoms with Crippen molar-refractivity contribution in [3.05, 3.63) is 52.2 Å². The van der Waals surface area contributed by atoms with Crippen LogP contribution in [0.4, 0.5) is 10.2 Å². The minimum atomic E-state index is -0.285. The first-order valence-corrected chi connectivity index (χ1v) is 7.44. The molecule has 0 aliphatic heterocycles. The molecule has 0 spiro atoms. The van der Waals surface area contributed by atoms with E-state index < -0.39 is 0 Å². The normalized spacial score (nSPS) is 10.7. The van der Waals surface area contributed by atoms with Crippen molar-refractivity contribution < 1.29 is 4.39 Å². The molecule has 6 heteroatoms. The second kappa shape index (κ2) is 5.30. The molecule has 0 bridgehead atoms. The van der Waals surface area contributed by atoms with E-state index in [0.717, 1.165) is 21.8 Å². The first kappa shape index (κ1) is 13.2. The van der Waals surface area contributed by atoms with Gasteiger partial charge in [-0.15, -0.1) is 11.3 Å². The van der Waals surface area contributed by atoms with Gasteiger partial charge in [0.25, 0.3) is 0 Å². The molecule has 3 nitrogen and oxygen atoms in total. The highest BCUT2D eigenvalue weighted by Crippen LogP contribution is 2.34. The van der Waals surface area contributed by atoms with Crippen LogP contribution in [0.3, 0.4) is 0 Å². The highest BCUT2D eigenvalue weighted by atomic mass is 79.9. The molecule has 0 fully saturated rings. The third-order valence-electron chi connectivity index (χ3n) is 2.78. The van der Waals surface area contributed by atoms with Crippen molar-refractivity contribution in [1.82, 2.24) is 9.97 Å². The summed E-state index contributed by atoms with van der Waals surface area (Å²) < 4.78 is 13.8.